The van der Waals surface area contributed by atoms with E-state index in [-0.39, 0.29) is 12.5 Å². The lowest BCUT2D eigenvalue weighted by Gasteiger charge is -2.13. The Morgan fingerprint density at radius 3 is 2.80 bits per heavy atom. The second-order valence-corrected chi connectivity index (χ2v) is 3.56. The van der Waals surface area contributed by atoms with Gasteiger partial charge in [0.05, 0.1) is 24.3 Å². The number of rotatable bonds is 5. The molecule has 0 saturated carbocycles. The fourth-order valence-corrected chi connectivity index (χ4v) is 1.08. The van der Waals surface area contributed by atoms with Crippen LogP contribution in [0.2, 0.25) is 0 Å². The van der Waals surface area contributed by atoms with Gasteiger partial charge in [-0.2, -0.15) is 0 Å². The maximum absolute atomic E-state index is 10.3. The average molecular weight is 213 g/mol. The highest BCUT2D eigenvalue weighted by Gasteiger charge is 2.13. The summed E-state index contributed by atoms with van der Waals surface area (Å²) in [7, 11) is 0. The number of hydrogen-bond acceptors (Lipinski definition) is 4. The van der Waals surface area contributed by atoms with Crippen LogP contribution in [-0.4, -0.2) is 37.3 Å². The Morgan fingerprint density at radius 1 is 1.60 bits per heavy atom. The zero-order chi connectivity index (χ0) is 11.4. The Hall–Kier alpha value is -1.43. The van der Waals surface area contributed by atoms with Crippen molar-refractivity contribution in [3.05, 3.63) is 11.9 Å². The van der Waals surface area contributed by atoms with Crippen molar-refractivity contribution < 1.29 is 15.0 Å². The molecule has 1 heterocycles. The highest BCUT2D eigenvalue weighted by atomic mass is 16.4. The monoisotopic (exact) mass is 213 g/mol. The Balaban J connectivity index is 2.60. The van der Waals surface area contributed by atoms with E-state index in [0.717, 1.165) is 0 Å². The maximum Gasteiger partial charge on any atom is 0.303 e. The van der Waals surface area contributed by atoms with Crippen molar-refractivity contribution in [3.63, 3.8) is 0 Å². The van der Waals surface area contributed by atoms with E-state index >= 15 is 0 Å². The molecule has 0 spiro atoms. The summed E-state index contributed by atoms with van der Waals surface area (Å²) in [6.07, 6.45) is 1.56. The molecule has 2 unspecified atom stereocenters. The van der Waals surface area contributed by atoms with Gasteiger partial charge in [-0.1, -0.05) is 5.21 Å². The van der Waals surface area contributed by atoms with E-state index in [1.165, 1.54) is 0 Å². The predicted octanol–water partition coefficient (Wildman–Crippen LogP) is 0.237. The van der Waals surface area contributed by atoms with Crippen LogP contribution in [0.1, 0.15) is 32.0 Å². The number of carbonyl (C=O) groups is 1. The van der Waals surface area contributed by atoms with E-state index < -0.39 is 12.1 Å². The van der Waals surface area contributed by atoms with E-state index in [0.29, 0.717) is 12.1 Å². The number of aliphatic hydroxyl groups is 1. The third-order valence-electron chi connectivity index (χ3n) is 2.27. The first kappa shape index (κ1) is 11.6. The quantitative estimate of drug-likeness (QED) is 0.731. The van der Waals surface area contributed by atoms with Gasteiger partial charge in [-0.3, -0.25) is 4.79 Å². The second-order valence-electron chi connectivity index (χ2n) is 3.56. The third-order valence-corrected chi connectivity index (χ3v) is 2.27. The minimum absolute atomic E-state index is 0.0434. The number of aryl methyl sites for hydroxylation is 1. The Morgan fingerprint density at radius 2 is 2.27 bits per heavy atom. The van der Waals surface area contributed by atoms with Crippen molar-refractivity contribution in [2.24, 2.45) is 0 Å². The second kappa shape index (κ2) is 4.88. The molecule has 0 aliphatic carbocycles. The Bertz CT molecular complexity index is 335. The first-order valence-electron chi connectivity index (χ1n) is 4.81. The molecule has 0 aromatic carbocycles. The topological polar surface area (TPSA) is 88.2 Å². The fraction of sp³-hybridized carbons (Fsp3) is 0.667. The number of carboxylic acids is 1. The lowest BCUT2D eigenvalue weighted by atomic mass is 10.2. The van der Waals surface area contributed by atoms with Gasteiger partial charge in [-0.05, 0) is 13.8 Å². The smallest absolute Gasteiger partial charge is 0.303 e. The van der Waals surface area contributed by atoms with Crippen molar-refractivity contribution in [1.82, 2.24) is 15.0 Å². The number of carboxylic acid groups (broad SMARTS) is 1. The van der Waals surface area contributed by atoms with Gasteiger partial charge in [0.1, 0.15) is 0 Å². The van der Waals surface area contributed by atoms with Crippen LogP contribution in [0.4, 0.5) is 0 Å². The molecule has 2 atom stereocenters. The number of hydrogen-bond donors (Lipinski definition) is 2. The molecule has 0 amide bonds. The molecule has 6 heteroatoms. The SMILES string of the molecule is CC(O)C(C)n1cc(CCC(=O)O)nn1. The molecular weight excluding hydrogens is 198 g/mol. The van der Waals surface area contributed by atoms with E-state index in [2.05, 4.69) is 10.3 Å². The Kier molecular flexibility index (Phi) is 3.79. The minimum atomic E-state index is -0.854. The van der Waals surface area contributed by atoms with Crippen molar-refractivity contribution >= 4 is 5.97 Å². The van der Waals surface area contributed by atoms with Gasteiger partial charge in [0.25, 0.3) is 0 Å². The lowest BCUT2D eigenvalue weighted by Crippen LogP contribution is -2.18. The fourth-order valence-electron chi connectivity index (χ4n) is 1.08. The molecule has 0 radical (unpaired) electrons. The van der Waals surface area contributed by atoms with Crippen molar-refractivity contribution in [2.45, 2.75) is 38.8 Å². The molecule has 0 bridgehead atoms. The van der Waals surface area contributed by atoms with Crippen molar-refractivity contribution in [2.75, 3.05) is 0 Å². The lowest BCUT2D eigenvalue weighted by molar-refractivity contribution is -0.136. The van der Waals surface area contributed by atoms with Crippen LogP contribution >= 0.6 is 0 Å². The molecule has 15 heavy (non-hydrogen) atoms. The Labute approximate surface area is 87.5 Å². The van der Waals surface area contributed by atoms with Gasteiger partial charge in [0.15, 0.2) is 0 Å². The van der Waals surface area contributed by atoms with Crippen LogP contribution < -0.4 is 0 Å². The zero-order valence-electron chi connectivity index (χ0n) is 8.79. The number of aromatic nitrogens is 3. The summed E-state index contributed by atoms with van der Waals surface area (Å²) in [5.41, 5.74) is 0.630. The summed E-state index contributed by atoms with van der Waals surface area (Å²) in [5, 5.41) is 25.5. The van der Waals surface area contributed by atoms with Crippen LogP contribution in [0.3, 0.4) is 0 Å². The van der Waals surface area contributed by atoms with Crippen LogP contribution in [0, 0.1) is 0 Å². The van der Waals surface area contributed by atoms with E-state index in [1.54, 1.807) is 17.8 Å². The largest absolute Gasteiger partial charge is 0.481 e. The zero-order valence-corrected chi connectivity index (χ0v) is 8.79. The van der Waals surface area contributed by atoms with Gasteiger partial charge in [0.2, 0.25) is 0 Å². The summed E-state index contributed by atoms with van der Waals surface area (Å²) in [5.74, 6) is -0.854. The molecule has 1 aromatic rings. The van der Waals surface area contributed by atoms with Gasteiger partial charge in [-0.15, -0.1) is 5.10 Å². The number of nitrogens with zero attached hydrogens (tertiary/aromatic N) is 3. The summed E-state index contributed by atoms with van der Waals surface area (Å²) in [6.45, 7) is 3.49. The molecule has 0 aliphatic heterocycles. The van der Waals surface area contributed by atoms with Crippen LogP contribution in [0.5, 0.6) is 0 Å². The molecule has 0 saturated heterocycles. The molecule has 2 N–H and O–H groups in total. The van der Waals surface area contributed by atoms with E-state index in [1.807, 2.05) is 6.92 Å². The highest BCUT2D eigenvalue weighted by Crippen LogP contribution is 2.09. The first-order chi connectivity index (χ1) is 7.00. The summed E-state index contributed by atoms with van der Waals surface area (Å²) < 4.78 is 1.54. The van der Waals surface area contributed by atoms with Crippen LogP contribution in [0.15, 0.2) is 6.20 Å². The number of aliphatic hydroxyl groups excluding tert-OH is 1. The van der Waals surface area contributed by atoms with Gasteiger partial charge >= 0.3 is 5.97 Å². The summed E-state index contributed by atoms with van der Waals surface area (Å²) >= 11 is 0. The molecule has 0 fully saturated rings. The molecule has 1 aromatic heterocycles. The van der Waals surface area contributed by atoms with Gasteiger partial charge in [-0.25, -0.2) is 4.68 Å². The molecule has 84 valence electrons. The van der Waals surface area contributed by atoms with Crippen molar-refractivity contribution in [3.8, 4) is 0 Å². The molecule has 1 rings (SSSR count). The average Bonchev–Trinajstić information content (AvgIpc) is 2.61. The highest BCUT2D eigenvalue weighted by molar-refractivity contribution is 5.66. The first-order valence-corrected chi connectivity index (χ1v) is 4.81. The standard InChI is InChI=1S/C9H15N3O3/c1-6(7(2)13)12-5-8(10-11-12)3-4-9(14)15/h5-7,13H,3-4H2,1-2H3,(H,14,15). The molecular formula is C9H15N3O3. The molecule has 0 aliphatic rings. The van der Waals surface area contributed by atoms with Crippen molar-refractivity contribution in [1.29, 1.82) is 0 Å². The molecule has 6 nitrogen and oxygen atoms in total. The predicted molar refractivity (Wildman–Crippen MR) is 52.4 cm³/mol. The maximum atomic E-state index is 10.3. The van der Waals surface area contributed by atoms with Gasteiger partial charge < -0.3 is 10.2 Å². The normalized spacial score (nSPS) is 14.9. The number of aliphatic carboxylic acids is 1. The van der Waals surface area contributed by atoms with Crippen LogP contribution in [-0.2, 0) is 11.2 Å². The van der Waals surface area contributed by atoms with E-state index in [9.17, 15) is 9.90 Å². The third kappa shape index (κ3) is 3.32. The minimum Gasteiger partial charge on any atom is -0.481 e. The summed E-state index contributed by atoms with van der Waals surface area (Å²) in [6, 6.07) is -0.156. The van der Waals surface area contributed by atoms with E-state index in [4.69, 9.17) is 5.11 Å². The van der Waals surface area contributed by atoms with Gasteiger partial charge in [0, 0.05) is 12.6 Å². The summed E-state index contributed by atoms with van der Waals surface area (Å²) in [4.78, 5) is 10.3. The van der Waals surface area contributed by atoms with Crippen LogP contribution in [0.25, 0.3) is 0 Å².